The Morgan fingerprint density at radius 1 is 0.903 bits per heavy atom. The quantitative estimate of drug-likeness (QED) is 0.333. The summed E-state index contributed by atoms with van der Waals surface area (Å²) in [4.78, 5) is 9.51. The number of para-hydroxylation sites is 1. The average molecular weight is 518 g/mol. The van der Waals surface area contributed by atoms with Crippen molar-refractivity contribution >= 4 is 54.3 Å². The number of hydrogen-bond donors (Lipinski definition) is 2. The molecule has 0 fully saturated rings. The second kappa shape index (κ2) is 9.32. The normalized spacial score (nSPS) is 11.5. The Balaban J connectivity index is 1.52. The highest BCUT2D eigenvalue weighted by Gasteiger charge is 2.14. The first-order valence-corrected chi connectivity index (χ1v) is 12.1. The molecule has 31 heavy (non-hydrogen) atoms. The third kappa shape index (κ3) is 5.22. The Morgan fingerprint density at radius 3 is 2.45 bits per heavy atom. The highest BCUT2D eigenvalue weighted by Crippen LogP contribution is 2.26. The fourth-order valence-corrected chi connectivity index (χ4v) is 4.59. The van der Waals surface area contributed by atoms with E-state index in [-0.39, 0.29) is 11.4 Å². The molecule has 2 N–H and O–H groups in total. The lowest BCUT2D eigenvalue weighted by atomic mass is 10.2. The summed E-state index contributed by atoms with van der Waals surface area (Å²) in [6.07, 6.45) is 0. The van der Waals surface area contributed by atoms with Crippen LogP contribution in [0.4, 0.5) is 5.82 Å². The van der Waals surface area contributed by atoms with E-state index < -0.39 is 10.0 Å². The van der Waals surface area contributed by atoms with Crippen molar-refractivity contribution in [1.29, 1.82) is 0 Å². The van der Waals surface area contributed by atoms with E-state index in [2.05, 4.69) is 35.9 Å². The highest BCUT2D eigenvalue weighted by molar-refractivity contribution is 9.10. The largest absolute Gasteiger partial charge is 0.368 e. The molecule has 9 heteroatoms. The van der Waals surface area contributed by atoms with E-state index in [4.69, 9.17) is 11.6 Å². The van der Waals surface area contributed by atoms with Gasteiger partial charge in [0.05, 0.1) is 10.4 Å². The summed E-state index contributed by atoms with van der Waals surface area (Å²) < 4.78 is 28.4. The second-order valence-electron chi connectivity index (χ2n) is 6.70. The van der Waals surface area contributed by atoms with E-state index in [1.165, 1.54) is 12.1 Å². The Morgan fingerprint density at radius 2 is 1.68 bits per heavy atom. The summed E-state index contributed by atoms with van der Waals surface area (Å²) >= 11 is 9.31. The van der Waals surface area contributed by atoms with Crippen molar-refractivity contribution in [2.24, 2.45) is 0 Å². The van der Waals surface area contributed by atoms with Crippen LogP contribution in [0.1, 0.15) is 0 Å². The maximum absolute atomic E-state index is 12.4. The first-order chi connectivity index (χ1) is 14.9. The molecular formula is C22H18BrClN4O2S. The molecule has 0 saturated carbocycles. The molecule has 0 radical (unpaired) electrons. The van der Waals surface area contributed by atoms with Crippen LogP contribution in [-0.2, 0) is 10.0 Å². The number of nitrogens with one attached hydrogen (secondary N) is 2. The van der Waals surface area contributed by atoms with Crippen LogP contribution in [0.5, 0.6) is 0 Å². The molecule has 0 saturated heterocycles. The molecular weight excluding hydrogens is 500 g/mol. The van der Waals surface area contributed by atoms with Crippen LogP contribution < -0.4 is 10.0 Å². The second-order valence-corrected chi connectivity index (χ2v) is 9.82. The van der Waals surface area contributed by atoms with Gasteiger partial charge in [0.1, 0.15) is 5.82 Å². The molecule has 1 aromatic heterocycles. The lowest BCUT2D eigenvalue weighted by molar-refractivity contribution is 0.583. The van der Waals surface area contributed by atoms with Crippen molar-refractivity contribution in [2.75, 3.05) is 18.4 Å². The summed E-state index contributed by atoms with van der Waals surface area (Å²) in [5.41, 5.74) is 1.68. The number of aromatic nitrogens is 2. The van der Waals surface area contributed by atoms with Crippen molar-refractivity contribution in [3.05, 3.63) is 82.3 Å². The minimum atomic E-state index is -3.62. The molecule has 3 aromatic carbocycles. The number of halogens is 2. The van der Waals surface area contributed by atoms with Gasteiger partial charge in [0.2, 0.25) is 10.0 Å². The Labute approximate surface area is 193 Å². The van der Waals surface area contributed by atoms with Crippen molar-refractivity contribution in [2.45, 2.75) is 4.90 Å². The Hall–Kier alpha value is -2.52. The number of benzene rings is 3. The molecule has 0 spiro atoms. The van der Waals surface area contributed by atoms with Gasteiger partial charge in [0, 0.05) is 33.5 Å². The van der Waals surface area contributed by atoms with Gasteiger partial charge in [-0.05, 0) is 48.5 Å². The van der Waals surface area contributed by atoms with E-state index in [9.17, 15) is 8.42 Å². The van der Waals surface area contributed by atoms with Crippen molar-refractivity contribution < 1.29 is 8.42 Å². The van der Waals surface area contributed by atoms with Crippen molar-refractivity contribution in [3.63, 3.8) is 0 Å². The summed E-state index contributed by atoms with van der Waals surface area (Å²) in [5, 5.41) is 4.58. The van der Waals surface area contributed by atoms with Gasteiger partial charge in [-0.25, -0.2) is 23.1 Å². The zero-order chi connectivity index (χ0) is 21.8. The molecule has 158 valence electrons. The molecule has 0 unspecified atom stereocenters. The number of anilines is 1. The molecule has 6 nitrogen and oxygen atoms in total. The van der Waals surface area contributed by atoms with Crippen molar-refractivity contribution in [3.8, 4) is 11.4 Å². The van der Waals surface area contributed by atoms with Crippen LogP contribution in [0.2, 0.25) is 5.02 Å². The monoisotopic (exact) mass is 516 g/mol. The molecule has 1 heterocycles. The van der Waals surface area contributed by atoms with Gasteiger partial charge in [-0.1, -0.05) is 51.8 Å². The van der Waals surface area contributed by atoms with Gasteiger partial charge in [-0.2, -0.15) is 0 Å². The van der Waals surface area contributed by atoms with Crippen LogP contribution in [0.15, 0.2) is 82.2 Å². The van der Waals surface area contributed by atoms with Gasteiger partial charge in [0.25, 0.3) is 0 Å². The van der Waals surface area contributed by atoms with E-state index in [0.717, 1.165) is 20.9 Å². The lowest BCUT2D eigenvalue weighted by Gasteiger charge is -2.12. The predicted octanol–water partition coefficient (Wildman–Crippen LogP) is 5.10. The lowest BCUT2D eigenvalue weighted by Crippen LogP contribution is -2.29. The number of fused-ring (bicyclic) bond motifs is 1. The fourth-order valence-electron chi connectivity index (χ4n) is 3.03. The molecule has 0 aliphatic heterocycles. The topological polar surface area (TPSA) is 84.0 Å². The smallest absolute Gasteiger partial charge is 0.240 e. The molecule has 4 rings (SSSR count). The predicted molar refractivity (Wildman–Crippen MR) is 128 cm³/mol. The van der Waals surface area contributed by atoms with E-state index >= 15 is 0 Å². The number of rotatable bonds is 7. The fraction of sp³-hybridized carbons (Fsp3) is 0.0909. The zero-order valence-corrected chi connectivity index (χ0v) is 19.4. The Bertz CT molecular complexity index is 1330. The summed E-state index contributed by atoms with van der Waals surface area (Å²) in [6.45, 7) is 0.543. The van der Waals surface area contributed by atoms with Gasteiger partial charge in [-0.3, -0.25) is 0 Å². The first kappa shape index (κ1) is 21.7. The number of hydrogen-bond acceptors (Lipinski definition) is 5. The van der Waals surface area contributed by atoms with E-state index in [1.807, 2.05) is 48.5 Å². The molecule has 4 aromatic rings. The SMILES string of the molecule is O=S(=O)(NCCNc1nc(-c2cccc(Br)c2)nc2ccccc12)c1ccc(Cl)cc1. The van der Waals surface area contributed by atoms with Gasteiger partial charge < -0.3 is 5.32 Å². The van der Waals surface area contributed by atoms with Gasteiger partial charge >= 0.3 is 0 Å². The summed E-state index contributed by atoms with van der Waals surface area (Å²) in [6, 6.07) is 21.5. The van der Waals surface area contributed by atoms with Crippen LogP contribution >= 0.6 is 27.5 Å². The summed E-state index contributed by atoms with van der Waals surface area (Å²) in [7, 11) is -3.62. The minimum Gasteiger partial charge on any atom is -0.368 e. The number of sulfonamides is 1. The minimum absolute atomic E-state index is 0.168. The maximum atomic E-state index is 12.4. The third-order valence-electron chi connectivity index (χ3n) is 4.52. The molecule has 0 atom stereocenters. The number of nitrogens with zero attached hydrogens (tertiary/aromatic N) is 2. The molecule has 0 amide bonds. The standard InChI is InChI=1S/C22H18BrClN4O2S/c23-16-5-3-4-15(14-16)21-27-20-7-2-1-6-19(20)22(28-21)25-12-13-26-31(29,30)18-10-8-17(24)9-11-18/h1-11,14,26H,12-13H2,(H,25,27,28). The van der Waals surface area contributed by atoms with Crippen molar-refractivity contribution in [1.82, 2.24) is 14.7 Å². The van der Waals surface area contributed by atoms with E-state index in [0.29, 0.717) is 23.2 Å². The van der Waals surface area contributed by atoms with Crippen LogP contribution in [0.3, 0.4) is 0 Å². The molecule has 0 bridgehead atoms. The van der Waals surface area contributed by atoms with Crippen LogP contribution in [0, 0.1) is 0 Å². The van der Waals surface area contributed by atoms with Gasteiger partial charge in [0.15, 0.2) is 5.82 Å². The van der Waals surface area contributed by atoms with Crippen LogP contribution in [-0.4, -0.2) is 31.5 Å². The Kier molecular flexibility index (Phi) is 6.52. The van der Waals surface area contributed by atoms with Gasteiger partial charge in [-0.15, -0.1) is 0 Å². The molecule has 0 aliphatic rings. The maximum Gasteiger partial charge on any atom is 0.240 e. The highest BCUT2D eigenvalue weighted by atomic mass is 79.9. The zero-order valence-electron chi connectivity index (χ0n) is 16.2. The molecule has 0 aliphatic carbocycles. The van der Waals surface area contributed by atoms with Crippen LogP contribution in [0.25, 0.3) is 22.3 Å². The van der Waals surface area contributed by atoms with E-state index in [1.54, 1.807) is 12.1 Å². The third-order valence-corrected chi connectivity index (χ3v) is 6.74. The summed E-state index contributed by atoms with van der Waals surface area (Å²) in [5.74, 6) is 1.23. The average Bonchev–Trinajstić information content (AvgIpc) is 2.77. The first-order valence-electron chi connectivity index (χ1n) is 9.44.